The third kappa shape index (κ3) is 5.44. The molecule has 0 aliphatic heterocycles. The summed E-state index contributed by atoms with van der Waals surface area (Å²) in [5, 5.41) is 3.38. The normalized spacial score (nSPS) is 11.1. The minimum absolute atomic E-state index is 0.184. The molecule has 7 heteroatoms. The summed E-state index contributed by atoms with van der Waals surface area (Å²) >= 11 is 1.41. The highest BCUT2D eigenvalue weighted by molar-refractivity contribution is 7.16. The van der Waals surface area contributed by atoms with Gasteiger partial charge in [0.1, 0.15) is 10.8 Å². The highest BCUT2D eigenvalue weighted by Crippen LogP contribution is 2.33. The lowest BCUT2D eigenvalue weighted by Gasteiger charge is -2.14. The quantitative estimate of drug-likeness (QED) is 0.723. The Bertz CT molecular complexity index is 707. The molecule has 0 saturated carbocycles. The number of nitrogens with zero attached hydrogens (tertiary/aromatic N) is 1. The predicted molar refractivity (Wildman–Crippen MR) is 98.0 cm³/mol. The summed E-state index contributed by atoms with van der Waals surface area (Å²) in [7, 11) is 1.84. The van der Waals surface area contributed by atoms with Crippen LogP contribution in [0.1, 0.15) is 47.7 Å². The number of hydrogen-bond acceptors (Lipinski definition) is 6. The average molecular weight is 364 g/mol. The topological polar surface area (TPSA) is 71.8 Å². The highest BCUT2D eigenvalue weighted by Gasteiger charge is 2.20. The summed E-state index contributed by atoms with van der Waals surface area (Å²) in [5.74, 6) is 0.466. The molecule has 2 aromatic rings. The molecule has 2 aromatic heterocycles. The van der Waals surface area contributed by atoms with Crippen LogP contribution in [0, 0.1) is 0 Å². The van der Waals surface area contributed by atoms with Crippen molar-refractivity contribution in [2.45, 2.75) is 33.2 Å². The number of carbonyl (C=O) groups is 2. The fourth-order valence-electron chi connectivity index (χ4n) is 2.28. The van der Waals surface area contributed by atoms with E-state index >= 15 is 0 Å². The van der Waals surface area contributed by atoms with Crippen LogP contribution in [0.5, 0.6) is 0 Å². The molecule has 25 heavy (non-hydrogen) atoms. The minimum atomic E-state index is -0.412. The standard InChI is InChI=1S/C18H24N2O4S/c1-5-23-18(22)14-9-15(12(2)3)25-17(14)19-16(21)11-20(4)10-13-7-6-8-24-13/h6-9,12H,5,10-11H2,1-4H3,(H,19,21). The van der Waals surface area contributed by atoms with Gasteiger partial charge in [0.25, 0.3) is 0 Å². The second-order valence-electron chi connectivity index (χ2n) is 6.07. The van der Waals surface area contributed by atoms with E-state index in [1.165, 1.54) is 11.3 Å². The number of rotatable bonds is 8. The number of amides is 1. The van der Waals surface area contributed by atoms with E-state index in [1.54, 1.807) is 19.3 Å². The first-order valence-corrected chi connectivity index (χ1v) is 9.04. The Morgan fingerprint density at radius 1 is 1.40 bits per heavy atom. The Labute approximate surface area is 151 Å². The van der Waals surface area contributed by atoms with Gasteiger partial charge in [0.05, 0.1) is 31.5 Å². The van der Waals surface area contributed by atoms with Crippen LogP contribution in [-0.2, 0) is 16.1 Å². The SMILES string of the molecule is CCOC(=O)c1cc(C(C)C)sc1NC(=O)CN(C)Cc1ccco1. The van der Waals surface area contributed by atoms with Gasteiger partial charge in [0.15, 0.2) is 0 Å². The fourth-order valence-corrected chi connectivity index (χ4v) is 3.35. The summed E-state index contributed by atoms with van der Waals surface area (Å²) in [6.45, 7) is 6.87. The predicted octanol–water partition coefficient (Wildman–Crippen LogP) is 3.71. The number of thiophene rings is 1. The molecule has 0 spiro atoms. The second-order valence-corrected chi connectivity index (χ2v) is 7.15. The Hall–Kier alpha value is -2.12. The Morgan fingerprint density at radius 2 is 2.16 bits per heavy atom. The van der Waals surface area contributed by atoms with Crippen LogP contribution in [0.2, 0.25) is 0 Å². The zero-order valence-corrected chi connectivity index (χ0v) is 15.8. The third-order valence-electron chi connectivity index (χ3n) is 3.49. The van der Waals surface area contributed by atoms with Crippen molar-refractivity contribution < 1.29 is 18.7 Å². The molecule has 1 amide bonds. The monoisotopic (exact) mass is 364 g/mol. The Morgan fingerprint density at radius 3 is 2.76 bits per heavy atom. The van der Waals surface area contributed by atoms with Crippen LogP contribution in [0.25, 0.3) is 0 Å². The van der Waals surface area contributed by atoms with E-state index in [9.17, 15) is 9.59 Å². The van der Waals surface area contributed by atoms with Crippen molar-refractivity contribution in [2.75, 3.05) is 25.5 Å². The summed E-state index contributed by atoms with van der Waals surface area (Å²) in [5.41, 5.74) is 0.414. The molecule has 2 heterocycles. The molecule has 0 unspecified atom stereocenters. The molecule has 0 atom stereocenters. The van der Waals surface area contributed by atoms with E-state index in [0.29, 0.717) is 23.7 Å². The lowest BCUT2D eigenvalue weighted by atomic mass is 10.1. The molecule has 0 aliphatic rings. The molecule has 2 rings (SSSR count). The van der Waals surface area contributed by atoms with Crippen LogP contribution in [0.4, 0.5) is 5.00 Å². The van der Waals surface area contributed by atoms with Gasteiger partial charge in [0.2, 0.25) is 5.91 Å². The summed E-state index contributed by atoms with van der Waals surface area (Å²) in [6, 6.07) is 5.48. The van der Waals surface area contributed by atoms with Crippen molar-refractivity contribution in [3.05, 3.63) is 40.7 Å². The highest BCUT2D eigenvalue weighted by atomic mass is 32.1. The van der Waals surface area contributed by atoms with Crippen molar-refractivity contribution in [2.24, 2.45) is 0 Å². The Kier molecular flexibility index (Phi) is 6.78. The van der Waals surface area contributed by atoms with E-state index in [0.717, 1.165) is 10.6 Å². The van der Waals surface area contributed by atoms with Gasteiger partial charge in [-0.2, -0.15) is 0 Å². The van der Waals surface area contributed by atoms with Crippen molar-refractivity contribution in [3.63, 3.8) is 0 Å². The molecule has 6 nitrogen and oxygen atoms in total. The van der Waals surface area contributed by atoms with Crippen molar-refractivity contribution in [3.8, 4) is 0 Å². The largest absolute Gasteiger partial charge is 0.468 e. The van der Waals surface area contributed by atoms with Crippen LogP contribution < -0.4 is 5.32 Å². The first kappa shape index (κ1) is 19.2. The van der Waals surface area contributed by atoms with Gasteiger partial charge in [0, 0.05) is 4.88 Å². The fraction of sp³-hybridized carbons (Fsp3) is 0.444. The molecule has 136 valence electrons. The van der Waals surface area contributed by atoms with Gasteiger partial charge in [-0.15, -0.1) is 11.3 Å². The van der Waals surface area contributed by atoms with Crippen LogP contribution in [0.15, 0.2) is 28.9 Å². The molecular formula is C18H24N2O4S. The van der Waals surface area contributed by atoms with E-state index < -0.39 is 5.97 Å². The zero-order chi connectivity index (χ0) is 18.4. The van der Waals surface area contributed by atoms with Gasteiger partial charge in [-0.3, -0.25) is 9.69 Å². The lowest BCUT2D eigenvalue weighted by molar-refractivity contribution is -0.117. The van der Waals surface area contributed by atoms with Gasteiger partial charge in [-0.05, 0) is 38.1 Å². The van der Waals surface area contributed by atoms with Gasteiger partial charge in [-0.25, -0.2) is 4.79 Å². The summed E-state index contributed by atoms with van der Waals surface area (Å²) in [6.07, 6.45) is 1.61. The number of likely N-dealkylation sites (N-methyl/N-ethyl adjacent to an activating group) is 1. The number of anilines is 1. The molecule has 0 aromatic carbocycles. The number of hydrogen-bond donors (Lipinski definition) is 1. The molecule has 0 fully saturated rings. The number of ether oxygens (including phenoxy) is 1. The van der Waals surface area contributed by atoms with Gasteiger partial charge >= 0.3 is 5.97 Å². The van der Waals surface area contributed by atoms with Crippen LogP contribution in [-0.4, -0.2) is 37.0 Å². The first-order chi connectivity index (χ1) is 11.9. The third-order valence-corrected chi connectivity index (χ3v) is 4.84. The number of esters is 1. The van der Waals surface area contributed by atoms with Crippen molar-refractivity contribution in [1.82, 2.24) is 4.90 Å². The van der Waals surface area contributed by atoms with E-state index in [-0.39, 0.29) is 18.4 Å². The summed E-state index contributed by atoms with van der Waals surface area (Å²) < 4.78 is 10.4. The van der Waals surface area contributed by atoms with Crippen molar-refractivity contribution >= 4 is 28.2 Å². The first-order valence-electron chi connectivity index (χ1n) is 8.22. The average Bonchev–Trinajstić information content (AvgIpc) is 3.16. The van der Waals surface area contributed by atoms with Gasteiger partial charge < -0.3 is 14.5 Å². The lowest BCUT2D eigenvalue weighted by Crippen LogP contribution is -2.29. The molecule has 0 radical (unpaired) electrons. The van der Waals surface area contributed by atoms with Crippen LogP contribution >= 0.6 is 11.3 Å². The maximum Gasteiger partial charge on any atom is 0.341 e. The Balaban J connectivity index is 2.04. The zero-order valence-electron chi connectivity index (χ0n) is 15.0. The maximum absolute atomic E-state index is 12.3. The number of carbonyl (C=O) groups excluding carboxylic acids is 2. The maximum atomic E-state index is 12.3. The van der Waals surface area contributed by atoms with Crippen molar-refractivity contribution in [1.29, 1.82) is 0 Å². The molecule has 0 bridgehead atoms. The molecule has 1 N–H and O–H groups in total. The molecule has 0 aliphatic carbocycles. The second kappa shape index (κ2) is 8.82. The molecular weight excluding hydrogens is 340 g/mol. The van der Waals surface area contributed by atoms with Crippen LogP contribution in [0.3, 0.4) is 0 Å². The number of nitrogens with one attached hydrogen (secondary N) is 1. The smallest absolute Gasteiger partial charge is 0.341 e. The van der Waals surface area contributed by atoms with E-state index in [1.807, 2.05) is 37.9 Å². The summed E-state index contributed by atoms with van der Waals surface area (Å²) in [4.78, 5) is 27.3. The van der Waals surface area contributed by atoms with E-state index in [2.05, 4.69) is 5.32 Å². The van der Waals surface area contributed by atoms with Gasteiger partial charge in [-0.1, -0.05) is 13.8 Å². The van der Waals surface area contributed by atoms with E-state index in [4.69, 9.17) is 9.15 Å². The minimum Gasteiger partial charge on any atom is -0.468 e. The molecule has 0 saturated heterocycles. The number of furan rings is 1.